The number of hydrogen-bond acceptors (Lipinski definition) is 4. The van der Waals surface area contributed by atoms with Crippen LogP contribution in [-0.2, 0) is 17.8 Å². The molecule has 0 saturated heterocycles. The van der Waals surface area contributed by atoms with Gasteiger partial charge < -0.3 is 10.4 Å². The molecule has 0 aliphatic carbocycles. The Balaban J connectivity index is 2.06. The highest BCUT2D eigenvalue weighted by Gasteiger charge is 2.06. The number of benzene rings is 1. The molecular weight excluding hydrogens is 236 g/mol. The number of aliphatic carboxylic acids is 1. The predicted octanol–water partition coefficient (Wildman–Crippen LogP) is 2.38. The number of nitrogens with zero attached hydrogens (tertiary/aromatic N) is 1. The second-order valence-electron chi connectivity index (χ2n) is 3.53. The smallest absolute Gasteiger partial charge is 0.307 e. The predicted molar refractivity (Wildman–Crippen MR) is 67.2 cm³/mol. The van der Waals surface area contributed by atoms with E-state index in [4.69, 9.17) is 5.11 Å². The summed E-state index contributed by atoms with van der Waals surface area (Å²) in [6.07, 6.45) is 1.78. The molecule has 5 heteroatoms. The molecule has 0 unspecified atom stereocenters. The van der Waals surface area contributed by atoms with Crippen molar-refractivity contribution in [3.8, 4) is 0 Å². The highest BCUT2D eigenvalue weighted by atomic mass is 32.1. The number of nitrogens with one attached hydrogen (secondary N) is 1. The fraction of sp³-hybridized carbons (Fsp3) is 0.167. The Morgan fingerprint density at radius 3 is 2.76 bits per heavy atom. The van der Waals surface area contributed by atoms with Crippen molar-refractivity contribution in [2.45, 2.75) is 13.0 Å². The van der Waals surface area contributed by atoms with Crippen molar-refractivity contribution in [1.29, 1.82) is 0 Å². The third-order valence-electron chi connectivity index (χ3n) is 2.32. The van der Waals surface area contributed by atoms with Gasteiger partial charge in [0.2, 0.25) is 0 Å². The first-order valence-electron chi connectivity index (χ1n) is 5.17. The van der Waals surface area contributed by atoms with Crippen LogP contribution in [0, 0.1) is 0 Å². The molecule has 4 nitrogen and oxygen atoms in total. The van der Waals surface area contributed by atoms with Crippen LogP contribution in [0.15, 0.2) is 35.8 Å². The van der Waals surface area contributed by atoms with Gasteiger partial charge >= 0.3 is 5.97 Å². The van der Waals surface area contributed by atoms with Crippen molar-refractivity contribution in [2.75, 3.05) is 5.32 Å². The van der Waals surface area contributed by atoms with Gasteiger partial charge in [0, 0.05) is 18.1 Å². The number of thiazole rings is 1. The van der Waals surface area contributed by atoms with Crippen molar-refractivity contribution in [3.63, 3.8) is 0 Å². The number of rotatable bonds is 5. The average Bonchev–Trinajstić information content (AvgIpc) is 2.80. The van der Waals surface area contributed by atoms with Gasteiger partial charge in [-0.3, -0.25) is 4.79 Å². The van der Waals surface area contributed by atoms with Crippen molar-refractivity contribution >= 4 is 22.4 Å². The molecule has 0 radical (unpaired) electrons. The van der Waals surface area contributed by atoms with Crippen molar-refractivity contribution in [2.24, 2.45) is 0 Å². The summed E-state index contributed by atoms with van der Waals surface area (Å²) in [4.78, 5) is 14.8. The maximum atomic E-state index is 10.7. The Hall–Kier alpha value is -1.88. The molecule has 0 bridgehead atoms. The summed E-state index contributed by atoms with van der Waals surface area (Å²) in [5.41, 5.74) is 1.83. The Morgan fingerprint density at radius 1 is 1.35 bits per heavy atom. The second kappa shape index (κ2) is 5.45. The first kappa shape index (κ1) is 11.6. The van der Waals surface area contributed by atoms with Gasteiger partial charge in [0.1, 0.15) is 0 Å². The number of anilines is 1. The van der Waals surface area contributed by atoms with E-state index in [1.54, 1.807) is 6.20 Å². The largest absolute Gasteiger partial charge is 0.481 e. The van der Waals surface area contributed by atoms with Crippen LogP contribution in [0.4, 0.5) is 5.13 Å². The highest BCUT2D eigenvalue weighted by Crippen LogP contribution is 2.15. The third-order valence-corrected chi connectivity index (χ3v) is 3.05. The van der Waals surface area contributed by atoms with Crippen LogP contribution in [0.2, 0.25) is 0 Å². The summed E-state index contributed by atoms with van der Waals surface area (Å²) in [6.45, 7) is 0.594. The zero-order valence-corrected chi connectivity index (χ0v) is 9.91. The van der Waals surface area contributed by atoms with Gasteiger partial charge in [-0.2, -0.15) is 0 Å². The lowest BCUT2D eigenvalue weighted by Gasteiger charge is -2.08. The number of carboxylic acid groups (broad SMARTS) is 1. The average molecular weight is 248 g/mol. The number of hydrogen-bond donors (Lipinski definition) is 2. The zero-order valence-electron chi connectivity index (χ0n) is 9.09. The maximum Gasteiger partial charge on any atom is 0.307 e. The van der Waals surface area contributed by atoms with Gasteiger partial charge in [-0.1, -0.05) is 24.3 Å². The van der Waals surface area contributed by atoms with Gasteiger partial charge in [0.15, 0.2) is 5.13 Å². The Morgan fingerprint density at radius 2 is 2.12 bits per heavy atom. The lowest BCUT2D eigenvalue weighted by molar-refractivity contribution is -0.136. The SMILES string of the molecule is O=C(O)Cc1ccccc1CNc1nccs1. The number of carboxylic acids is 1. The summed E-state index contributed by atoms with van der Waals surface area (Å²) >= 11 is 1.52. The molecule has 1 heterocycles. The minimum atomic E-state index is -0.813. The monoisotopic (exact) mass is 248 g/mol. The Labute approximate surface area is 103 Å². The molecule has 0 aliphatic rings. The summed E-state index contributed by atoms with van der Waals surface area (Å²) in [6, 6.07) is 7.53. The standard InChI is InChI=1S/C12H12N2O2S/c15-11(16)7-9-3-1-2-4-10(9)8-14-12-13-5-6-17-12/h1-6H,7-8H2,(H,13,14)(H,15,16). The van der Waals surface area contributed by atoms with Gasteiger partial charge in [0.05, 0.1) is 6.42 Å². The van der Waals surface area contributed by atoms with E-state index in [0.29, 0.717) is 6.54 Å². The minimum Gasteiger partial charge on any atom is -0.481 e. The van der Waals surface area contributed by atoms with Crippen LogP contribution in [0.25, 0.3) is 0 Å². The molecular formula is C12H12N2O2S. The molecule has 2 N–H and O–H groups in total. The molecule has 1 aromatic heterocycles. The summed E-state index contributed by atoms with van der Waals surface area (Å²) in [5, 5.41) is 14.7. The lowest BCUT2D eigenvalue weighted by atomic mass is 10.0. The normalized spacial score (nSPS) is 10.1. The fourth-order valence-corrected chi connectivity index (χ4v) is 2.07. The topological polar surface area (TPSA) is 62.2 Å². The molecule has 0 spiro atoms. The van der Waals surface area contributed by atoms with E-state index < -0.39 is 5.97 Å². The van der Waals surface area contributed by atoms with Crippen LogP contribution in [0.5, 0.6) is 0 Å². The molecule has 0 amide bonds. The molecule has 0 saturated carbocycles. The van der Waals surface area contributed by atoms with Crippen LogP contribution in [0.1, 0.15) is 11.1 Å². The van der Waals surface area contributed by atoms with Crippen LogP contribution in [-0.4, -0.2) is 16.1 Å². The Bertz CT molecular complexity index is 497. The van der Waals surface area contributed by atoms with E-state index in [1.165, 1.54) is 11.3 Å². The highest BCUT2D eigenvalue weighted by molar-refractivity contribution is 7.13. The Kier molecular flexibility index (Phi) is 3.72. The van der Waals surface area contributed by atoms with E-state index in [1.807, 2.05) is 29.6 Å². The molecule has 0 fully saturated rings. The van der Waals surface area contributed by atoms with Crippen molar-refractivity contribution < 1.29 is 9.90 Å². The van der Waals surface area contributed by atoms with E-state index in [2.05, 4.69) is 10.3 Å². The van der Waals surface area contributed by atoms with Crippen LogP contribution >= 0.6 is 11.3 Å². The minimum absolute atomic E-state index is 0.0513. The van der Waals surface area contributed by atoms with Crippen molar-refractivity contribution in [3.05, 3.63) is 47.0 Å². The van der Waals surface area contributed by atoms with Gasteiger partial charge in [-0.15, -0.1) is 11.3 Å². The first-order valence-corrected chi connectivity index (χ1v) is 6.05. The summed E-state index contributed by atoms with van der Waals surface area (Å²) in [7, 11) is 0. The zero-order chi connectivity index (χ0) is 12.1. The first-order chi connectivity index (χ1) is 8.25. The second-order valence-corrected chi connectivity index (χ2v) is 4.42. The van der Waals surface area contributed by atoms with E-state index in [9.17, 15) is 4.79 Å². The quantitative estimate of drug-likeness (QED) is 0.852. The lowest BCUT2D eigenvalue weighted by Crippen LogP contribution is -2.07. The van der Waals surface area contributed by atoms with Gasteiger partial charge in [-0.25, -0.2) is 4.98 Å². The maximum absolute atomic E-state index is 10.7. The summed E-state index contributed by atoms with van der Waals surface area (Å²) in [5.74, 6) is -0.813. The van der Waals surface area contributed by atoms with E-state index >= 15 is 0 Å². The molecule has 17 heavy (non-hydrogen) atoms. The van der Waals surface area contributed by atoms with Crippen molar-refractivity contribution in [1.82, 2.24) is 4.98 Å². The molecule has 0 aliphatic heterocycles. The summed E-state index contributed by atoms with van der Waals surface area (Å²) < 4.78 is 0. The fourth-order valence-electron chi connectivity index (χ4n) is 1.55. The van der Waals surface area contributed by atoms with E-state index in [-0.39, 0.29) is 6.42 Å². The molecule has 0 atom stereocenters. The third kappa shape index (κ3) is 3.29. The van der Waals surface area contributed by atoms with E-state index in [0.717, 1.165) is 16.3 Å². The van der Waals surface area contributed by atoms with Gasteiger partial charge in [0.25, 0.3) is 0 Å². The molecule has 1 aromatic carbocycles. The molecule has 2 aromatic rings. The molecule has 2 rings (SSSR count). The van der Waals surface area contributed by atoms with Gasteiger partial charge in [-0.05, 0) is 11.1 Å². The van der Waals surface area contributed by atoms with Crippen LogP contribution in [0.3, 0.4) is 0 Å². The van der Waals surface area contributed by atoms with Crippen LogP contribution < -0.4 is 5.32 Å². The molecule has 88 valence electrons. The number of carbonyl (C=O) groups is 1. The number of aromatic nitrogens is 1.